The molecule has 0 bridgehead atoms. The maximum atomic E-state index is 11.5. The highest BCUT2D eigenvalue weighted by Gasteiger charge is 2.28. The maximum Gasteiger partial charge on any atom is 0.313 e. The van der Waals surface area contributed by atoms with Gasteiger partial charge in [-0.2, -0.15) is 0 Å². The van der Waals surface area contributed by atoms with Crippen LogP contribution in [0, 0.1) is 12.3 Å². The molecule has 5 heteroatoms. The normalized spacial score (nSPS) is 11.2. The molecular weight excluding hydrogens is 230 g/mol. The zero-order valence-electron chi connectivity index (χ0n) is 11.7. The third kappa shape index (κ3) is 3.68. The molecule has 1 aromatic heterocycles. The first kappa shape index (κ1) is 14.4. The molecule has 18 heavy (non-hydrogen) atoms. The number of carbonyl (C=O) groups is 1. The van der Waals surface area contributed by atoms with Crippen molar-refractivity contribution in [2.24, 2.45) is 5.41 Å². The highest BCUT2D eigenvalue weighted by Crippen LogP contribution is 2.18. The summed E-state index contributed by atoms with van der Waals surface area (Å²) in [4.78, 5) is 20.2. The van der Waals surface area contributed by atoms with Crippen molar-refractivity contribution in [1.82, 2.24) is 9.97 Å². The van der Waals surface area contributed by atoms with Crippen LogP contribution in [0.2, 0.25) is 0 Å². The number of methoxy groups -OCH3 is 1. The van der Waals surface area contributed by atoms with Crippen LogP contribution < -0.4 is 5.32 Å². The fourth-order valence-corrected chi connectivity index (χ4v) is 1.54. The van der Waals surface area contributed by atoms with Crippen molar-refractivity contribution < 1.29 is 9.53 Å². The summed E-state index contributed by atoms with van der Waals surface area (Å²) in [5.41, 5.74) is 0.334. The molecule has 0 aromatic carbocycles. The molecule has 0 aliphatic carbocycles. The predicted molar refractivity (Wildman–Crippen MR) is 70.4 cm³/mol. The van der Waals surface area contributed by atoms with Crippen LogP contribution >= 0.6 is 0 Å². The van der Waals surface area contributed by atoms with Crippen LogP contribution in [0.4, 0.5) is 5.82 Å². The Hall–Kier alpha value is -1.65. The van der Waals surface area contributed by atoms with Gasteiger partial charge in [-0.25, -0.2) is 9.97 Å². The van der Waals surface area contributed by atoms with Gasteiger partial charge in [0.15, 0.2) is 0 Å². The lowest BCUT2D eigenvalue weighted by molar-refractivity contribution is -0.149. The number of aryl methyl sites for hydroxylation is 2. The molecule has 1 aromatic rings. The second kappa shape index (κ2) is 5.80. The van der Waals surface area contributed by atoms with Gasteiger partial charge in [0.25, 0.3) is 0 Å². The average Bonchev–Trinajstić information content (AvgIpc) is 2.34. The van der Waals surface area contributed by atoms with Crippen LogP contribution in [0.15, 0.2) is 6.07 Å². The van der Waals surface area contributed by atoms with Crippen molar-refractivity contribution in [2.45, 2.75) is 34.1 Å². The largest absolute Gasteiger partial charge is 0.469 e. The number of esters is 1. The van der Waals surface area contributed by atoms with Gasteiger partial charge in [0.05, 0.1) is 12.5 Å². The summed E-state index contributed by atoms with van der Waals surface area (Å²) in [6.45, 7) is 8.08. The van der Waals surface area contributed by atoms with Crippen LogP contribution in [-0.2, 0) is 16.0 Å². The number of ether oxygens (including phenoxy) is 1. The molecule has 0 radical (unpaired) electrons. The van der Waals surface area contributed by atoms with Crippen molar-refractivity contribution >= 4 is 11.8 Å². The van der Waals surface area contributed by atoms with Gasteiger partial charge in [-0.05, 0) is 20.8 Å². The summed E-state index contributed by atoms with van der Waals surface area (Å²) in [6.07, 6.45) is 0.788. The van der Waals surface area contributed by atoms with E-state index in [1.165, 1.54) is 7.11 Å². The lowest BCUT2D eigenvalue weighted by Gasteiger charge is -2.22. The second-order valence-corrected chi connectivity index (χ2v) is 4.89. The molecule has 1 heterocycles. The van der Waals surface area contributed by atoms with E-state index in [0.717, 1.165) is 23.8 Å². The molecule has 0 fully saturated rings. The smallest absolute Gasteiger partial charge is 0.313 e. The van der Waals surface area contributed by atoms with Gasteiger partial charge in [-0.1, -0.05) is 6.92 Å². The van der Waals surface area contributed by atoms with Crippen LogP contribution in [0.1, 0.15) is 32.3 Å². The van der Waals surface area contributed by atoms with Gasteiger partial charge in [-0.3, -0.25) is 4.79 Å². The van der Waals surface area contributed by atoms with Crippen LogP contribution in [0.5, 0.6) is 0 Å². The first-order chi connectivity index (χ1) is 8.39. The molecule has 0 saturated heterocycles. The molecule has 1 rings (SSSR count). The number of rotatable bonds is 5. The van der Waals surface area contributed by atoms with Crippen molar-refractivity contribution in [3.05, 3.63) is 17.6 Å². The number of anilines is 1. The first-order valence-electron chi connectivity index (χ1n) is 6.06. The lowest BCUT2D eigenvalue weighted by Crippen LogP contribution is -2.33. The Bertz CT molecular complexity index is 430. The van der Waals surface area contributed by atoms with E-state index in [2.05, 4.69) is 15.3 Å². The fraction of sp³-hybridized carbons (Fsp3) is 0.615. The fourth-order valence-electron chi connectivity index (χ4n) is 1.54. The number of carbonyl (C=O) groups excluding carboxylic acids is 1. The molecule has 0 unspecified atom stereocenters. The number of hydrogen-bond acceptors (Lipinski definition) is 5. The van der Waals surface area contributed by atoms with E-state index in [1.54, 1.807) is 0 Å². The Kier molecular flexibility index (Phi) is 4.64. The molecule has 0 saturated carbocycles. The highest BCUT2D eigenvalue weighted by atomic mass is 16.5. The SMILES string of the molecule is CCc1nc(C)cc(NCC(C)(C)C(=O)OC)n1. The van der Waals surface area contributed by atoms with Gasteiger partial charge >= 0.3 is 5.97 Å². The van der Waals surface area contributed by atoms with Crippen LogP contribution in [-0.4, -0.2) is 29.6 Å². The number of nitrogens with zero attached hydrogens (tertiary/aromatic N) is 2. The summed E-state index contributed by atoms with van der Waals surface area (Å²) >= 11 is 0. The Labute approximate surface area is 108 Å². The Morgan fingerprint density at radius 1 is 1.44 bits per heavy atom. The standard InChI is InChI=1S/C13H21N3O2/c1-6-10-15-9(2)7-11(16-10)14-8-13(3,4)12(17)18-5/h7H,6,8H2,1-5H3,(H,14,15,16). The minimum Gasteiger partial charge on any atom is -0.469 e. The van der Waals surface area contributed by atoms with E-state index < -0.39 is 5.41 Å². The Balaban J connectivity index is 2.74. The molecule has 0 amide bonds. The third-order valence-electron chi connectivity index (χ3n) is 2.67. The third-order valence-corrected chi connectivity index (χ3v) is 2.67. The zero-order valence-corrected chi connectivity index (χ0v) is 11.7. The molecule has 0 aliphatic heterocycles. The second-order valence-electron chi connectivity index (χ2n) is 4.89. The predicted octanol–water partition coefficient (Wildman–Crippen LogP) is 1.96. The van der Waals surface area contributed by atoms with Crippen LogP contribution in [0.3, 0.4) is 0 Å². The van der Waals surface area contributed by atoms with E-state index >= 15 is 0 Å². The van der Waals surface area contributed by atoms with Crippen molar-refractivity contribution in [2.75, 3.05) is 19.0 Å². The zero-order chi connectivity index (χ0) is 13.8. The van der Waals surface area contributed by atoms with E-state index in [4.69, 9.17) is 4.74 Å². The van der Waals surface area contributed by atoms with Gasteiger partial charge in [0.2, 0.25) is 0 Å². The monoisotopic (exact) mass is 251 g/mol. The van der Waals surface area contributed by atoms with Gasteiger partial charge in [-0.15, -0.1) is 0 Å². The van der Waals surface area contributed by atoms with E-state index in [9.17, 15) is 4.79 Å². The van der Waals surface area contributed by atoms with Gasteiger partial charge in [0, 0.05) is 24.7 Å². The van der Waals surface area contributed by atoms with Gasteiger partial charge < -0.3 is 10.1 Å². The van der Waals surface area contributed by atoms with Crippen LogP contribution in [0.25, 0.3) is 0 Å². The quantitative estimate of drug-likeness (QED) is 0.810. The molecule has 0 atom stereocenters. The van der Waals surface area contributed by atoms with Crippen molar-refractivity contribution in [1.29, 1.82) is 0 Å². The van der Waals surface area contributed by atoms with Crippen molar-refractivity contribution in [3.8, 4) is 0 Å². The van der Waals surface area contributed by atoms with Crippen molar-refractivity contribution in [3.63, 3.8) is 0 Å². The minimum atomic E-state index is -0.583. The lowest BCUT2D eigenvalue weighted by atomic mass is 9.94. The molecule has 0 aliphatic rings. The molecule has 100 valence electrons. The summed E-state index contributed by atoms with van der Waals surface area (Å²) in [6, 6.07) is 1.87. The Morgan fingerprint density at radius 3 is 2.67 bits per heavy atom. The molecular formula is C13H21N3O2. The maximum absolute atomic E-state index is 11.5. The number of nitrogens with one attached hydrogen (secondary N) is 1. The Morgan fingerprint density at radius 2 is 2.11 bits per heavy atom. The number of aromatic nitrogens is 2. The van der Waals surface area contributed by atoms with E-state index in [0.29, 0.717) is 6.54 Å². The van der Waals surface area contributed by atoms with E-state index in [1.807, 2.05) is 33.8 Å². The van der Waals surface area contributed by atoms with E-state index in [-0.39, 0.29) is 5.97 Å². The average molecular weight is 251 g/mol. The molecule has 5 nitrogen and oxygen atoms in total. The minimum absolute atomic E-state index is 0.239. The molecule has 1 N–H and O–H groups in total. The summed E-state index contributed by atoms with van der Waals surface area (Å²) in [5, 5.41) is 3.16. The highest BCUT2D eigenvalue weighted by molar-refractivity contribution is 5.76. The summed E-state index contributed by atoms with van der Waals surface area (Å²) in [5.74, 6) is 1.31. The van der Waals surface area contributed by atoms with Gasteiger partial charge in [0.1, 0.15) is 11.6 Å². The summed E-state index contributed by atoms with van der Waals surface area (Å²) in [7, 11) is 1.40. The first-order valence-corrected chi connectivity index (χ1v) is 6.06. The molecule has 0 spiro atoms. The number of hydrogen-bond donors (Lipinski definition) is 1. The summed E-state index contributed by atoms with van der Waals surface area (Å²) < 4.78 is 4.76. The topological polar surface area (TPSA) is 64.1 Å².